The van der Waals surface area contributed by atoms with Crippen molar-refractivity contribution in [3.05, 3.63) is 23.0 Å². The largest absolute Gasteiger partial charge is 0.481 e. The molecule has 0 unspecified atom stereocenters. The van der Waals surface area contributed by atoms with Crippen molar-refractivity contribution in [1.29, 1.82) is 0 Å². The van der Waals surface area contributed by atoms with Crippen molar-refractivity contribution in [3.63, 3.8) is 0 Å². The first-order chi connectivity index (χ1) is 9.06. The van der Waals surface area contributed by atoms with Gasteiger partial charge in [0.15, 0.2) is 12.4 Å². The number of carbonyl (C=O) groups excluding carboxylic acids is 1. The molecule has 1 aliphatic heterocycles. The molecular formula is C12H10ClN3O3. The fourth-order valence-corrected chi connectivity index (χ4v) is 2.12. The molecule has 0 fully saturated rings. The van der Waals surface area contributed by atoms with Gasteiger partial charge >= 0.3 is 0 Å². The maximum Gasteiger partial charge on any atom is 0.264 e. The Morgan fingerprint density at radius 3 is 2.84 bits per heavy atom. The molecule has 2 aromatic rings. The van der Waals surface area contributed by atoms with Gasteiger partial charge in [-0.3, -0.25) is 4.79 Å². The Kier molecular flexibility index (Phi) is 2.67. The number of rotatable bonds is 1. The smallest absolute Gasteiger partial charge is 0.264 e. The monoisotopic (exact) mass is 279 g/mol. The van der Waals surface area contributed by atoms with E-state index in [9.17, 15) is 4.79 Å². The van der Waals surface area contributed by atoms with Gasteiger partial charge in [0.25, 0.3) is 11.8 Å². The van der Waals surface area contributed by atoms with Crippen molar-refractivity contribution in [1.82, 2.24) is 10.2 Å². The van der Waals surface area contributed by atoms with E-state index in [1.807, 2.05) is 0 Å². The lowest BCUT2D eigenvalue weighted by Gasteiger charge is -2.27. The molecule has 6 nitrogen and oxygen atoms in total. The molecule has 7 heteroatoms. The summed E-state index contributed by atoms with van der Waals surface area (Å²) in [4.78, 5) is 13.1. The number of halogens is 1. The summed E-state index contributed by atoms with van der Waals surface area (Å²) in [6.07, 6.45) is 0. The molecule has 2 heterocycles. The van der Waals surface area contributed by atoms with Crippen LogP contribution in [0.1, 0.15) is 5.89 Å². The number of hydrogen-bond donors (Lipinski definition) is 0. The molecule has 0 aliphatic carbocycles. The lowest BCUT2D eigenvalue weighted by molar-refractivity contribution is -0.120. The summed E-state index contributed by atoms with van der Waals surface area (Å²) in [6, 6.07) is 3.34. The lowest BCUT2D eigenvalue weighted by Crippen LogP contribution is -2.35. The number of anilines is 1. The zero-order valence-corrected chi connectivity index (χ0v) is 11.1. The number of likely N-dealkylation sites (N-methyl/N-ethyl adjacent to an activating group) is 1. The third-order valence-corrected chi connectivity index (χ3v) is 3.08. The van der Waals surface area contributed by atoms with E-state index in [0.29, 0.717) is 33.8 Å². The van der Waals surface area contributed by atoms with Crippen LogP contribution in [-0.2, 0) is 4.79 Å². The first kappa shape index (κ1) is 12.0. The summed E-state index contributed by atoms with van der Waals surface area (Å²) in [6.45, 7) is 1.68. The third kappa shape index (κ3) is 1.94. The second-order valence-electron chi connectivity index (χ2n) is 4.17. The van der Waals surface area contributed by atoms with Crippen LogP contribution in [0.15, 0.2) is 16.5 Å². The van der Waals surface area contributed by atoms with Gasteiger partial charge in [-0.25, -0.2) is 0 Å². The molecule has 1 amide bonds. The van der Waals surface area contributed by atoms with Crippen LogP contribution in [0.5, 0.6) is 5.75 Å². The number of fused-ring (bicyclic) bond motifs is 1. The Morgan fingerprint density at radius 1 is 1.37 bits per heavy atom. The number of carbonyl (C=O) groups is 1. The molecule has 1 aliphatic rings. The van der Waals surface area contributed by atoms with E-state index in [0.717, 1.165) is 0 Å². The number of ether oxygens (including phenoxy) is 1. The van der Waals surface area contributed by atoms with Crippen LogP contribution in [-0.4, -0.2) is 29.8 Å². The van der Waals surface area contributed by atoms with Gasteiger partial charge in [-0.05, 0) is 12.1 Å². The van der Waals surface area contributed by atoms with Gasteiger partial charge in [0.05, 0.1) is 11.3 Å². The van der Waals surface area contributed by atoms with Gasteiger partial charge in [-0.1, -0.05) is 11.6 Å². The maximum atomic E-state index is 11.6. The second-order valence-corrected chi connectivity index (χ2v) is 4.61. The Bertz CT molecular complexity index is 668. The van der Waals surface area contributed by atoms with Crippen molar-refractivity contribution < 1.29 is 13.9 Å². The quantitative estimate of drug-likeness (QED) is 0.799. The standard InChI is InChI=1S/C12H10ClN3O3/c1-6-14-15-12(19-6)8-3-7(13)4-9-11(8)18-5-10(17)16(9)2/h3-4H,5H2,1-2H3. The molecule has 0 atom stereocenters. The molecule has 0 spiro atoms. The van der Waals surface area contributed by atoms with Crippen LogP contribution in [0.3, 0.4) is 0 Å². The Balaban J connectivity index is 2.21. The van der Waals surface area contributed by atoms with Gasteiger partial charge in [0.1, 0.15) is 0 Å². The van der Waals surface area contributed by atoms with Crippen molar-refractivity contribution in [2.45, 2.75) is 6.92 Å². The van der Waals surface area contributed by atoms with Crippen molar-refractivity contribution in [2.24, 2.45) is 0 Å². The van der Waals surface area contributed by atoms with Crippen molar-refractivity contribution >= 4 is 23.2 Å². The first-order valence-electron chi connectivity index (χ1n) is 5.59. The second kappa shape index (κ2) is 4.24. The van der Waals surface area contributed by atoms with Gasteiger partial charge < -0.3 is 14.1 Å². The number of hydrogen-bond acceptors (Lipinski definition) is 5. The number of aromatic nitrogens is 2. The lowest BCUT2D eigenvalue weighted by atomic mass is 10.1. The highest BCUT2D eigenvalue weighted by molar-refractivity contribution is 6.31. The van der Waals surface area contributed by atoms with Crippen LogP contribution >= 0.6 is 11.6 Å². The zero-order chi connectivity index (χ0) is 13.6. The predicted molar refractivity (Wildman–Crippen MR) is 68.4 cm³/mol. The summed E-state index contributed by atoms with van der Waals surface area (Å²) < 4.78 is 10.9. The summed E-state index contributed by atoms with van der Waals surface area (Å²) in [5, 5.41) is 8.20. The molecule has 0 saturated heterocycles. The van der Waals surface area contributed by atoms with E-state index in [1.165, 1.54) is 4.90 Å². The van der Waals surface area contributed by atoms with E-state index < -0.39 is 0 Å². The van der Waals surface area contributed by atoms with Crippen LogP contribution in [0, 0.1) is 6.92 Å². The number of nitrogens with zero attached hydrogens (tertiary/aromatic N) is 3. The molecule has 0 N–H and O–H groups in total. The van der Waals surface area contributed by atoms with E-state index in [-0.39, 0.29) is 12.5 Å². The average molecular weight is 280 g/mol. The molecule has 3 rings (SSSR count). The van der Waals surface area contributed by atoms with Gasteiger partial charge in [-0.15, -0.1) is 10.2 Å². The Morgan fingerprint density at radius 2 is 2.16 bits per heavy atom. The Labute approximate surface area is 113 Å². The fraction of sp³-hybridized carbons (Fsp3) is 0.250. The molecule has 1 aromatic carbocycles. The molecule has 19 heavy (non-hydrogen) atoms. The molecule has 0 bridgehead atoms. The van der Waals surface area contributed by atoms with E-state index in [4.69, 9.17) is 20.8 Å². The van der Waals surface area contributed by atoms with Crippen LogP contribution in [0.2, 0.25) is 5.02 Å². The van der Waals surface area contributed by atoms with E-state index in [1.54, 1.807) is 26.1 Å². The van der Waals surface area contributed by atoms with E-state index in [2.05, 4.69) is 10.2 Å². The van der Waals surface area contributed by atoms with E-state index >= 15 is 0 Å². The number of benzene rings is 1. The molecule has 1 aromatic heterocycles. The minimum Gasteiger partial charge on any atom is -0.481 e. The average Bonchev–Trinajstić information content (AvgIpc) is 2.80. The molecule has 0 radical (unpaired) electrons. The molecule has 98 valence electrons. The highest BCUT2D eigenvalue weighted by atomic mass is 35.5. The molecule has 0 saturated carbocycles. The summed E-state index contributed by atoms with van der Waals surface area (Å²) in [7, 11) is 1.67. The first-order valence-corrected chi connectivity index (χ1v) is 5.97. The molecular weight excluding hydrogens is 270 g/mol. The fourth-order valence-electron chi connectivity index (χ4n) is 1.91. The Hall–Kier alpha value is -2.08. The van der Waals surface area contributed by atoms with Crippen LogP contribution in [0.25, 0.3) is 11.5 Å². The van der Waals surface area contributed by atoms with Gasteiger partial charge in [-0.2, -0.15) is 0 Å². The normalized spacial score (nSPS) is 14.3. The summed E-state index contributed by atoms with van der Waals surface area (Å²) in [5.74, 6) is 1.15. The van der Waals surface area contributed by atoms with Crippen molar-refractivity contribution in [3.8, 4) is 17.2 Å². The van der Waals surface area contributed by atoms with Crippen molar-refractivity contribution in [2.75, 3.05) is 18.6 Å². The topological polar surface area (TPSA) is 68.5 Å². The van der Waals surface area contributed by atoms with Gasteiger partial charge in [0.2, 0.25) is 5.89 Å². The van der Waals surface area contributed by atoms with Crippen LogP contribution < -0.4 is 9.64 Å². The van der Waals surface area contributed by atoms with Crippen LogP contribution in [0.4, 0.5) is 5.69 Å². The predicted octanol–water partition coefficient (Wildman–Crippen LogP) is 2.05. The number of amides is 1. The summed E-state index contributed by atoms with van der Waals surface area (Å²) in [5.41, 5.74) is 1.18. The minimum atomic E-state index is -0.137. The zero-order valence-electron chi connectivity index (χ0n) is 10.3. The minimum absolute atomic E-state index is 0.0226. The highest BCUT2D eigenvalue weighted by Crippen LogP contribution is 2.42. The summed E-state index contributed by atoms with van der Waals surface area (Å²) >= 11 is 6.07. The number of aryl methyl sites for hydroxylation is 1. The highest BCUT2D eigenvalue weighted by Gasteiger charge is 2.27. The van der Waals surface area contributed by atoms with Gasteiger partial charge in [0, 0.05) is 19.0 Å². The third-order valence-electron chi connectivity index (χ3n) is 2.87. The SMILES string of the molecule is Cc1nnc(-c2cc(Cl)cc3c2OCC(=O)N3C)o1. The maximum absolute atomic E-state index is 11.6.